The highest BCUT2D eigenvalue weighted by Gasteiger charge is 2.16. The molecule has 0 radical (unpaired) electrons. The number of nitrogens with zero attached hydrogens (tertiary/aromatic N) is 2. The maximum absolute atomic E-state index is 6.32. The Balaban J connectivity index is 2.34. The predicted octanol–water partition coefficient (Wildman–Crippen LogP) is 4.36. The highest BCUT2D eigenvalue weighted by Crippen LogP contribution is 2.40. The molecule has 1 aromatic carbocycles. The van der Waals surface area contributed by atoms with Gasteiger partial charge in [-0.15, -0.1) is 11.3 Å². The second-order valence-corrected chi connectivity index (χ2v) is 5.73. The van der Waals surface area contributed by atoms with Gasteiger partial charge in [0, 0.05) is 17.5 Å². The molecule has 19 heavy (non-hydrogen) atoms. The molecule has 0 saturated heterocycles. The number of aryl methyl sites for hydroxylation is 1. The third-order valence-corrected chi connectivity index (χ3v) is 4.24. The van der Waals surface area contributed by atoms with Crippen molar-refractivity contribution < 1.29 is 0 Å². The average Bonchev–Trinajstić information content (AvgIpc) is 2.76. The number of anilines is 1. The average molecular weight is 290 g/mol. The molecule has 0 aliphatic heterocycles. The molecule has 0 unspecified atom stereocenters. The first-order valence-corrected chi connectivity index (χ1v) is 7.10. The Labute approximate surface area is 120 Å². The van der Waals surface area contributed by atoms with Crippen LogP contribution in [0.5, 0.6) is 0 Å². The van der Waals surface area contributed by atoms with Gasteiger partial charge in [-0.2, -0.15) is 0 Å². The van der Waals surface area contributed by atoms with Gasteiger partial charge in [0.15, 0.2) is 0 Å². The monoisotopic (exact) mass is 289 g/mol. The van der Waals surface area contributed by atoms with E-state index in [1.165, 1.54) is 4.88 Å². The number of hydrogen-bond acceptors (Lipinski definition) is 4. The summed E-state index contributed by atoms with van der Waals surface area (Å²) in [4.78, 5) is 10.9. The number of halogens is 1. The quantitative estimate of drug-likeness (QED) is 0.712. The molecule has 5 heteroatoms. The van der Waals surface area contributed by atoms with Crippen molar-refractivity contribution in [3.8, 4) is 11.1 Å². The molecule has 96 valence electrons. The van der Waals surface area contributed by atoms with Crippen LogP contribution in [0.1, 0.15) is 4.88 Å². The van der Waals surface area contributed by atoms with E-state index < -0.39 is 0 Å². The van der Waals surface area contributed by atoms with E-state index in [1.807, 2.05) is 18.2 Å². The number of rotatable bonds is 2. The fourth-order valence-corrected chi connectivity index (χ4v) is 3.50. The summed E-state index contributed by atoms with van der Waals surface area (Å²) in [5.41, 5.74) is 2.28. The van der Waals surface area contributed by atoms with Crippen LogP contribution in [0.15, 0.2) is 30.3 Å². The normalized spacial score (nSPS) is 10.9. The van der Waals surface area contributed by atoms with E-state index in [1.54, 1.807) is 18.4 Å². The van der Waals surface area contributed by atoms with Crippen LogP contribution in [-0.2, 0) is 0 Å². The van der Waals surface area contributed by atoms with Crippen LogP contribution in [0.4, 0.5) is 5.95 Å². The van der Waals surface area contributed by atoms with E-state index in [9.17, 15) is 0 Å². The summed E-state index contributed by atoms with van der Waals surface area (Å²) in [6, 6.07) is 10.2. The first kappa shape index (κ1) is 12.4. The van der Waals surface area contributed by atoms with Gasteiger partial charge in [-0.3, -0.25) is 0 Å². The topological polar surface area (TPSA) is 37.8 Å². The summed E-state index contributed by atoms with van der Waals surface area (Å²) in [5.74, 6) is 0.554. The Morgan fingerprint density at radius 1 is 1.16 bits per heavy atom. The predicted molar refractivity (Wildman–Crippen MR) is 82.1 cm³/mol. The van der Waals surface area contributed by atoms with E-state index in [0.29, 0.717) is 11.1 Å². The van der Waals surface area contributed by atoms with Crippen LogP contribution < -0.4 is 5.32 Å². The van der Waals surface area contributed by atoms with Crippen molar-refractivity contribution in [2.75, 3.05) is 12.4 Å². The fourth-order valence-electron chi connectivity index (χ4n) is 2.13. The lowest BCUT2D eigenvalue weighted by Gasteiger charge is -2.04. The van der Waals surface area contributed by atoms with Gasteiger partial charge in [-0.05, 0) is 12.5 Å². The molecule has 0 atom stereocenters. The maximum Gasteiger partial charge on any atom is 0.225 e. The Hall–Kier alpha value is -1.65. The van der Waals surface area contributed by atoms with Gasteiger partial charge in [0.1, 0.15) is 9.98 Å². The van der Waals surface area contributed by atoms with E-state index in [0.717, 1.165) is 21.3 Å². The molecule has 0 aliphatic carbocycles. The van der Waals surface area contributed by atoms with E-state index in [-0.39, 0.29) is 0 Å². The van der Waals surface area contributed by atoms with Crippen molar-refractivity contribution in [3.63, 3.8) is 0 Å². The van der Waals surface area contributed by atoms with Gasteiger partial charge < -0.3 is 5.32 Å². The Kier molecular flexibility index (Phi) is 3.12. The summed E-state index contributed by atoms with van der Waals surface area (Å²) in [5, 5.41) is 4.37. The number of fused-ring (bicyclic) bond motifs is 1. The third kappa shape index (κ3) is 2.07. The number of benzene rings is 1. The molecule has 3 nitrogen and oxygen atoms in total. The van der Waals surface area contributed by atoms with Crippen LogP contribution in [0, 0.1) is 6.92 Å². The van der Waals surface area contributed by atoms with Crippen molar-refractivity contribution in [2.45, 2.75) is 6.92 Å². The van der Waals surface area contributed by atoms with Crippen LogP contribution in [0.2, 0.25) is 5.15 Å². The molecular weight excluding hydrogens is 278 g/mol. The first-order valence-electron chi connectivity index (χ1n) is 5.90. The number of nitrogens with one attached hydrogen (secondary N) is 1. The van der Waals surface area contributed by atoms with Crippen molar-refractivity contribution in [2.24, 2.45) is 0 Å². The molecule has 0 saturated carbocycles. The minimum Gasteiger partial charge on any atom is -0.357 e. The zero-order valence-electron chi connectivity index (χ0n) is 10.6. The molecule has 1 N–H and O–H groups in total. The van der Waals surface area contributed by atoms with Crippen molar-refractivity contribution >= 4 is 39.1 Å². The van der Waals surface area contributed by atoms with Crippen LogP contribution in [0.25, 0.3) is 21.3 Å². The lowest BCUT2D eigenvalue weighted by molar-refractivity contribution is 1.20. The summed E-state index contributed by atoms with van der Waals surface area (Å²) >= 11 is 7.97. The lowest BCUT2D eigenvalue weighted by Crippen LogP contribution is -1.95. The van der Waals surface area contributed by atoms with E-state index in [4.69, 9.17) is 11.6 Å². The molecule has 3 aromatic rings. The first-order chi connectivity index (χ1) is 9.20. The molecule has 0 aliphatic rings. The summed E-state index contributed by atoms with van der Waals surface area (Å²) in [7, 11) is 1.79. The largest absolute Gasteiger partial charge is 0.357 e. The van der Waals surface area contributed by atoms with E-state index >= 15 is 0 Å². The minimum absolute atomic E-state index is 0.498. The van der Waals surface area contributed by atoms with Crippen molar-refractivity contribution in [3.05, 3.63) is 40.4 Å². The van der Waals surface area contributed by atoms with Crippen LogP contribution >= 0.6 is 22.9 Å². The highest BCUT2D eigenvalue weighted by molar-refractivity contribution is 7.19. The van der Waals surface area contributed by atoms with Gasteiger partial charge >= 0.3 is 0 Å². The van der Waals surface area contributed by atoms with Gasteiger partial charge in [-0.25, -0.2) is 9.97 Å². The molecule has 2 heterocycles. The molecule has 2 aromatic heterocycles. The summed E-state index contributed by atoms with van der Waals surface area (Å²) in [6.07, 6.45) is 0. The second-order valence-electron chi connectivity index (χ2n) is 4.17. The van der Waals surface area contributed by atoms with Crippen molar-refractivity contribution in [1.29, 1.82) is 0 Å². The van der Waals surface area contributed by atoms with Gasteiger partial charge in [0.2, 0.25) is 5.95 Å². The molecular formula is C14H12ClN3S. The van der Waals surface area contributed by atoms with Crippen LogP contribution in [-0.4, -0.2) is 17.0 Å². The highest BCUT2D eigenvalue weighted by atomic mass is 35.5. The SMILES string of the molecule is CNc1nc(Cl)c2c(-c3ccccc3)c(C)sc2n1. The third-order valence-electron chi connectivity index (χ3n) is 2.97. The molecule has 0 bridgehead atoms. The van der Waals surface area contributed by atoms with Gasteiger partial charge in [0.05, 0.1) is 5.39 Å². The second kappa shape index (κ2) is 4.79. The molecule has 0 amide bonds. The standard InChI is InChI=1S/C14H12ClN3S/c1-8-10(9-6-4-3-5-7-9)11-12(15)17-14(16-2)18-13(11)19-8/h3-7H,1-2H3,(H,16,17,18). The molecule has 0 spiro atoms. The van der Waals surface area contributed by atoms with Crippen molar-refractivity contribution in [1.82, 2.24) is 9.97 Å². The zero-order chi connectivity index (χ0) is 13.4. The lowest BCUT2D eigenvalue weighted by atomic mass is 10.0. The number of aromatic nitrogens is 2. The Bertz CT molecular complexity index is 737. The molecule has 0 fully saturated rings. The van der Waals surface area contributed by atoms with Gasteiger partial charge in [-0.1, -0.05) is 41.9 Å². The smallest absolute Gasteiger partial charge is 0.225 e. The summed E-state index contributed by atoms with van der Waals surface area (Å²) < 4.78 is 0. The fraction of sp³-hybridized carbons (Fsp3) is 0.143. The Morgan fingerprint density at radius 2 is 1.89 bits per heavy atom. The maximum atomic E-state index is 6.32. The van der Waals surface area contributed by atoms with Crippen LogP contribution in [0.3, 0.4) is 0 Å². The van der Waals surface area contributed by atoms with E-state index in [2.05, 4.69) is 34.3 Å². The minimum atomic E-state index is 0.498. The van der Waals surface area contributed by atoms with Gasteiger partial charge in [0.25, 0.3) is 0 Å². The number of thiophene rings is 1. The summed E-state index contributed by atoms with van der Waals surface area (Å²) in [6.45, 7) is 2.09. The zero-order valence-corrected chi connectivity index (χ0v) is 12.1. The Morgan fingerprint density at radius 3 is 2.58 bits per heavy atom. The molecule has 3 rings (SSSR count). The number of hydrogen-bond donors (Lipinski definition) is 1.